The van der Waals surface area contributed by atoms with Gasteiger partial charge in [0.2, 0.25) is 0 Å². The second kappa shape index (κ2) is 14.6. The van der Waals surface area contributed by atoms with Crippen LogP contribution in [0.25, 0.3) is 33.2 Å². The standard InChI is InChI=1S/C26H20NO.C15H28O2.Ir/c1-26(2,3)23-13-17(12-16-8-4-5-9-18(16)23)24-14-21-22(15-27-24)19-10-6-7-11-20(19)25(21)28;1-7-14(5,8-2)12(16)11-13(17)15(6,9-3)10-4;/h4-11,13-15H,1-3H3;11,16H,7-10H2,1-6H3;/q-1;;/b;12-11-;. The Hall–Kier alpha value is -3.40. The molecule has 1 aliphatic rings. The first-order valence-corrected chi connectivity index (χ1v) is 16.3. The summed E-state index contributed by atoms with van der Waals surface area (Å²) in [4.78, 5) is 29.8. The van der Waals surface area contributed by atoms with Crippen LogP contribution in [0.15, 0.2) is 78.7 Å². The molecule has 0 amide bonds. The fourth-order valence-electron chi connectivity index (χ4n) is 5.74. The molecule has 1 aliphatic carbocycles. The van der Waals surface area contributed by atoms with Crippen LogP contribution < -0.4 is 0 Å². The summed E-state index contributed by atoms with van der Waals surface area (Å²) in [6.07, 6.45) is 6.58. The smallest absolute Gasteiger partial charge is 0.193 e. The number of aliphatic hydroxyl groups is 1. The molecule has 0 aliphatic heterocycles. The van der Waals surface area contributed by atoms with Gasteiger partial charge in [0.25, 0.3) is 0 Å². The average molecular weight is 795 g/mol. The monoisotopic (exact) mass is 795 g/mol. The third-order valence-electron chi connectivity index (χ3n) is 10.1. The largest absolute Gasteiger partial charge is 0.512 e. The Morgan fingerprint density at radius 1 is 0.783 bits per heavy atom. The summed E-state index contributed by atoms with van der Waals surface area (Å²) < 4.78 is 0. The van der Waals surface area contributed by atoms with Crippen molar-refractivity contribution in [2.24, 2.45) is 10.8 Å². The summed E-state index contributed by atoms with van der Waals surface area (Å²) in [5, 5.41) is 12.4. The molecular weight excluding hydrogens is 747 g/mol. The van der Waals surface area contributed by atoms with Gasteiger partial charge in [0.15, 0.2) is 11.6 Å². The molecule has 245 valence electrons. The number of hydrogen-bond donors (Lipinski definition) is 1. The SMILES string of the molecule is CC(C)(C)c1cc(-c2cc3c(cn2)-c2ccccc2C3=O)[c-]c2ccccc12.CCC(C)(CC)C(=O)/C=C(\O)C(C)(CC)CC.[Ir]. The van der Waals surface area contributed by atoms with Gasteiger partial charge in [0.1, 0.15) is 5.76 Å². The van der Waals surface area contributed by atoms with E-state index >= 15 is 0 Å². The Balaban J connectivity index is 0.000000280. The molecule has 0 spiro atoms. The summed E-state index contributed by atoms with van der Waals surface area (Å²) in [6, 6.07) is 23.7. The Morgan fingerprint density at radius 3 is 1.93 bits per heavy atom. The van der Waals surface area contributed by atoms with Crippen molar-refractivity contribution in [2.45, 2.75) is 93.4 Å². The number of fused-ring (bicyclic) bond motifs is 4. The van der Waals surface area contributed by atoms with E-state index in [1.54, 1.807) is 0 Å². The number of allylic oxidation sites excluding steroid dienone is 2. The van der Waals surface area contributed by atoms with E-state index < -0.39 is 0 Å². The van der Waals surface area contributed by atoms with Crippen LogP contribution in [-0.4, -0.2) is 21.7 Å². The van der Waals surface area contributed by atoms with E-state index in [4.69, 9.17) is 4.98 Å². The predicted octanol–water partition coefficient (Wildman–Crippen LogP) is 10.9. The minimum Gasteiger partial charge on any atom is -0.512 e. The van der Waals surface area contributed by atoms with Gasteiger partial charge in [-0.05, 0) is 36.7 Å². The minimum absolute atomic E-state index is 0. The number of aromatic nitrogens is 1. The van der Waals surface area contributed by atoms with Crippen molar-refractivity contribution in [1.82, 2.24) is 4.98 Å². The van der Waals surface area contributed by atoms with Gasteiger partial charge in [0, 0.05) is 65.6 Å². The zero-order valence-electron chi connectivity index (χ0n) is 28.8. The Labute approximate surface area is 289 Å². The molecule has 4 aromatic rings. The topological polar surface area (TPSA) is 67.3 Å². The quantitative estimate of drug-likeness (QED) is 0.0965. The van der Waals surface area contributed by atoms with E-state index in [0.29, 0.717) is 0 Å². The number of carbonyl (C=O) groups excluding carboxylic acids is 2. The summed E-state index contributed by atoms with van der Waals surface area (Å²) in [5.74, 6) is 0.361. The van der Waals surface area contributed by atoms with E-state index in [-0.39, 0.29) is 53.7 Å². The van der Waals surface area contributed by atoms with E-state index in [1.807, 2.05) is 84.1 Å². The fraction of sp³-hybridized carbons (Fsp3) is 0.390. The van der Waals surface area contributed by atoms with Crippen LogP contribution in [0.3, 0.4) is 0 Å². The van der Waals surface area contributed by atoms with E-state index in [1.165, 1.54) is 17.0 Å². The van der Waals surface area contributed by atoms with Crippen molar-refractivity contribution < 1.29 is 34.8 Å². The zero-order chi connectivity index (χ0) is 33.2. The second-order valence-electron chi connectivity index (χ2n) is 13.8. The molecule has 5 rings (SSSR count). The van der Waals surface area contributed by atoms with Crippen LogP contribution in [0.2, 0.25) is 0 Å². The van der Waals surface area contributed by atoms with Gasteiger partial charge in [-0.1, -0.05) is 122 Å². The van der Waals surface area contributed by atoms with Gasteiger partial charge in [0.05, 0.1) is 0 Å². The zero-order valence-corrected chi connectivity index (χ0v) is 31.2. The molecule has 1 radical (unpaired) electrons. The van der Waals surface area contributed by atoms with Gasteiger partial charge in [-0.2, -0.15) is 0 Å². The van der Waals surface area contributed by atoms with Crippen LogP contribution in [0.1, 0.15) is 109 Å². The predicted molar refractivity (Wildman–Crippen MR) is 187 cm³/mol. The molecule has 0 atom stereocenters. The van der Waals surface area contributed by atoms with Crippen LogP contribution in [0, 0.1) is 16.9 Å². The molecule has 5 heteroatoms. The maximum Gasteiger partial charge on any atom is 0.193 e. The normalized spacial score (nSPS) is 13.0. The number of ketones is 2. The van der Waals surface area contributed by atoms with Crippen LogP contribution >= 0.6 is 0 Å². The Morgan fingerprint density at radius 2 is 1.35 bits per heavy atom. The van der Waals surface area contributed by atoms with Gasteiger partial charge < -0.3 is 5.11 Å². The molecule has 0 fully saturated rings. The van der Waals surface area contributed by atoms with Crippen molar-refractivity contribution in [3.8, 4) is 22.4 Å². The summed E-state index contributed by atoms with van der Waals surface area (Å²) >= 11 is 0. The van der Waals surface area contributed by atoms with Gasteiger partial charge in [-0.15, -0.1) is 29.1 Å². The third kappa shape index (κ3) is 7.27. The maximum absolute atomic E-state index is 12.9. The summed E-state index contributed by atoms with van der Waals surface area (Å²) in [6.45, 7) is 18.7. The van der Waals surface area contributed by atoms with Crippen molar-refractivity contribution in [2.75, 3.05) is 0 Å². The number of aliphatic hydroxyl groups excluding tert-OH is 1. The number of rotatable bonds is 8. The first kappa shape index (κ1) is 37.1. The molecule has 0 bridgehead atoms. The molecule has 1 aromatic heterocycles. The molecule has 4 nitrogen and oxygen atoms in total. The van der Waals surface area contributed by atoms with Crippen LogP contribution in [0.4, 0.5) is 0 Å². The number of benzene rings is 3. The molecule has 1 heterocycles. The fourth-order valence-corrected chi connectivity index (χ4v) is 5.74. The second-order valence-corrected chi connectivity index (χ2v) is 13.8. The van der Waals surface area contributed by atoms with Crippen molar-refractivity contribution in [3.63, 3.8) is 0 Å². The molecule has 0 saturated carbocycles. The minimum atomic E-state index is -0.337. The van der Waals surface area contributed by atoms with E-state index in [9.17, 15) is 14.7 Å². The number of nitrogens with zero attached hydrogens (tertiary/aromatic N) is 1. The van der Waals surface area contributed by atoms with Crippen molar-refractivity contribution >= 4 is 22.3 Å². The summed E-state index contributed by atoms with van der Waals surface area (Å²) in [5.41, 5.74) is 5.74. The van der Waals surface area contributed by atoms with Crippen LogP contribution in [-0.2, 0) is 30.3 Å². The van der Waals surface area contributed by atoms with Crippen LogP contribution in [0.5, 0.6) is 0 Å². The molecular formula is C41H48IrNO3-. The Bertz CT molecular complexity index is 1750. The molecule has 0 unspecified atom stereocenters. The first-order valence-electron chi connectivity index (χ1n) is 16.3. The van der Waals surface area contributed by atoms with Crippen molar-refractivity contribution in [1.29, 1.82) is 0 Å². The van der Waals surface area contributed by atoms with Gasteiger partial charge >= 0.3 is 0 Å². The third-order valence-corrected chi connectivity index (χ3v) is 10.1. The number of hydrogen-bond acceptors (Lipinski definition) is 4. The summed E-state index contributed by atoms with van der Waals surface area (Å²) in [7, 11) is 0. The van der Waals surface area contributed by atoms with E-state index in [2.05, 4.69) is 51.1 Å². The molecule has 46 heavy (non-hydrogen) atoms. The first-order chi connectivity index (χ1) is 21.2. The van der Waals surface area contributed by atoms with Crippen molar-refractivity contribution in [3.05, 3.63) is 101 Å². The Kier molecular flexibility index (Phi) is 11.7. The van der Waals surface area contributed by atoms with E-state index in [0.717, 1.165) is 64.6 Å². The molecule has 3 aromatic carbocycles. The van der Waals surface area contributed by atoms with Gasteiger partial charge in [-0.3, -0.25) is 14.6 Å². The average Bonchev–Trinajstić information content (AvgIpc) is 3.34. The maximum atomic E-state index is 12.9. The van der Waals surface area contributed by atoms with Gasteiger partial charge in [-0.25, -0.2) is 0 Å². The molecule has 1 N–H and O–H groups in total. The number of carbonyl (C=O) groups is 2. The number of pyridine rings is 1. The molecule has 0 saturated heterocycles.